The van der Waals surface area contributed by atoms with Crippen LogP contribution in [0.25, 0.3) is 0 Å². The molecule has 1 saturated carbocycles. The van der Waals surface area contributed by atoms with E-state index in [0.29, 0.717) is 26.0 Å². The van der Waals surface area contributed by atoms with Crippen LogP contribution >= 0.6 is 0 Å². The van der Waals surface area contributed by atoms with Crippen molar-refractivity contribution in [2.24, 2.45) is 5.92 Å². The molecular weight excluding hydrogens is 342 g/mol. The SMILES string of the molecule is COCCCNC(=O)COC(=O)CN1C(=O)N[C@]2(CCCC[C@H]2C)C1=O. The van der Waals surface area contributed by atoms with Crippen LogP contribution in [0.1, 0.15) is 39.0 Å². The first kappa shape index (κ1) is 20.2. The second-order valence-electron chi connectivity index (χ2n) is 6.80. The van der Waals surface area contributed by atoms with Crippen molar-refractivity contribution in [1.29, 1.82) is 0 Å². The molecular formula is C17H27N3O6. The van der Waals surface area contributed by atoms with Crippen molar-refractivity contribution in [3.05, 3.63) is 0 Å². The summed E-state index contributed by atoms with van der Waals surface area (Å²) in [5, 5.41) is 5.35. The summed E-state index contributed by atoms with van der Waals surface area (Å²) < 4.78 is 9.73. The number of rotatable bonds is 8. The second-order valence-corrected chi connectivity index (χ2v) is 6.80. The number of urea groups is 1. The molecule has 2 atom stereocenters. The smallest absolute Gasteiger partial charge is 0.326 e. The largest absolute Gasteiger partial charge is 0.454 e. The lowest BCUT2D eigenvalue weighted by Crippen LogP contribution is -2.54. The summed E-state index contributed by atoms with van der Waals surface area (Å²) >= 11 is 0. The number of methoxy groups -OCH3 is 1. The summed E-state index contributed by atoms with van der Waals surface area (Å²) in [6.07, 6.45) is 3.96. The third kappa shape index (κ3) is 4.51. The molecule has 26 heavy (non-hydrogen) atoms. The van der Waals surface area contributed by atoms with Gasteiger partial charge in [-0.1, -0.05) is 19.8 Å². The van der Waals surface area contributed by atoms with Gasteiger partial charge in [-0.25, -0.2) is 4.79 Å². The molecule has 0 aromatic rings. The highest BCUT2D eigenvalue weighted by Gasteiger charge is 2.55. The van der Waals surface area contributed by atoms with Crippen molar-refractivity contribution < 1.29 is 28.7 Å². The number of nitrogens with one attached hydrogen (secondary N) is 2. The molecule has 0 unspecified atom stereocenters. The van der Waals surface area contributed by atoms with Crippen LogP contribution in [0.3, 0.4) is 0 Å². The molecule has 1 spiro atoms. The average Bonchev–Trinajstić information content (AvgIpc) is 2.84. The van der Waals surface area contributed by atoms with Crippen LogP contribution < -0.4 is 10.6 Å². The third-order valence-corrected chi connectivity index (χ3v) is 5.00. The van der Waals surface area contributed by atoms with Crippen molar-refractivity contribution in [2.45, 2.75) is 44.6 Å². The Balaban J connectivity index is 1.80. The summed E-state index contributed by atoms with van der Waals surface area (Å²) in [4.78, 5) is 49.3. The Morgan fingerprint density at radius 2 is 2.12 bits per heavy atom. The Kier molecular flexibility index (Phi) is 6.96. The second kappa shape index (κ2) is 8.98. The maximum absolute atomic E-state index is 12.7. The summed E-state index contributed by atoms with van der Waals surface area (Å²) in [5.41, 5.74) is -0.908. The molecule has 4 amide bonds. The van der Waals surface area contributed by atoms with Gasteiger partial charge < -0.3 is 20.1 Å². The van der Waals surface area contributed by atoms with Gasteiger partial charge in [0.15, 0.2) is 6.61 Å². The van der Waals surface area contributed by atoms with Crippen LogP contribution in [-0.2, 0) is 23.9 Å². The topological polar surface area (TPSA) is 114 Å². The first-order valence-electron chi connectivity index (χ1n) is 8.96. The van der Waals surface area contributed by atoms with Crippen LogP contribution in [0, 0.1) is 5.92 Å². The molecule has 0 bridgehead atoms. The molecule has 0 radical (unpaired) electrons. The molecule has 1 heterocycles. The first-order chi connectivity index (χ1) is 12.4. The van der Waals surface area contributed by atoms with Crippen LogP contribution in [-0.4, -0.2) is 67.7 Å². The fourth-order valence-corrected chi connectivity index (χ4v) is 3.46. The minimum Gasteiger partial charge on any atom is -0.454 e. The van der Waals surface area contributed by atoms with E-state index < -0.39 is 36.6 Å². The molecule has 2 N–H and O–H groups in total. The molecule has 2 rings (SSSR count). The Labute approximate surface area is 152 Å². The number of hydrogen-bond acceptors (Lipinski definition) is 6. The van der Waals surface area contributed by atoms with Crippen molar-refractivity contribution in [3.8, 4) is 0 Å². The quantitative estimate of drug-likeness (QED) is 0.358. The van der Waals surface area contributed by atoms with Gasteiger partial charge in [0.05, 0.1) is 0 Å². The molecule has 9 heteroatoms. The standard InChI is InChI=1S/C17H27N3O6/c1-12-6-3-4-7-17(12)15(23)20(16(24)19-17)10-14(22)26-11-13(21)18-8-5-9-25-2/h12H,3-11H2,1-2H3,(H,18,21)(H,19,24)/t12-,17+/m1/s1. The van der Waals surface area contributed by atoms with Gasteiger partial charge in [0, 0.05) is 20.3 Å². The van der Waals surface area contributed by atoms with Gasteiger partial charge in [-0.3, -0.25) is 19.3 Å². The van der Waals surface area contributed by atoms with Crippen LogP contribution in [0.15, 0.2) is 0 Å². The van der Waals surface area contributed by atoms with E-state index in [1.54, 1.807) is 7.11 Å². The third-order valence-electron chi connectivity index (χ3n) is 5.00. The van der Waals surface area contributed by atoms with E-state index in [4.69, 9.17) is 9.47 Å². The van der Waals surface area contributed by atoms with E-state index in [-0.39, 0.29) is 11.8 Å². The summed E-state index contributed by atoms with van der Waals surface area (Å²) in [6.45, 7) is 1.93. The maximum atomic E-state index is 12.7. The maximum Gasteiger partial charge on any atom is 0.326 e. The predicted molar refractivity (Wildman–Crippen MR) is 91.1 cm³/mol. The number of nitrogens with zero attached hydrogens (tertiary/aromatic N) is 1. The van der Waals surface area contributed by atoms with Crippen LogP contribution in [0.5, 0.6) is 0 Å². The Morgan fingerprint density at radius 1 is 1.35 bits per heavy atom. The van der Waals surface area contributed by atoms with E-state index >= 15 is 0 Å². The monoisotopic (exact) mass is 369 g/mol. The lowest BCUT2D eigenvalue weighted by molar-refractivity contribution is -0.151. The number of amides is 4. The van der Waals surface area contributed by atoms with Gasteiger partial charge in [-0.15, -0.1) is 0 Å². The molecule has 1 aliphatic carbocycles. The minimum atomic E-state index is -0.908. The first-order valence-corrected chi connectivity index (χ1v) is 8.96. The number of ether oxygens (including phenoxy) is 2. The zero-order chi connectivity index (χ0) is 19.2. The fraction of sp³-hybridized carbons (Fsp3) is 0.765. The molecule has 9 nitrogen and oxygen atoms in total. The predicted octanol–water partition coefficient (Wildman–Crippen LogP) is 0.183. The Hall–Kier alpha value is -2.16. The van der Waals surface area contributed by atoms with E-state index in [1.165, 1.54) is 0 Å². The molecule has 1 aliphatic heterocycles. The van der Waals surface area contributed by atoms with Crippen LogP contribution in [0.2, 0.25) is 0 Å². The summed E-state index contributed by atoms with van der Waals surface area (Å²) in [6, 6.07) is -0.579. The van der Waals surface area contributed by atoms with Crippen molar-refractivity contribution in [1.82, 2.24) is 15.5 Å². The highest BCUT2D eigenvalue weighted by molar-refractivity contribution is 6.09. The van der Waals surface area contributed by atoms with Gasteiger partial charge >= 0.3 is 12.0 Å². The highest BCUT2D eigenvalue weighted by Crippen LogP contribution is 2.38. The normalized spacial score (nSPS) is 25.3. The number of carbonyl (C=O) groups excluding carboxylic acids is 4. The van der Waals surface area contributed by atoms with E-state index in [2.05, 4.69) is 10.6 Å². The summed E-state index contributed by atoms with van der Waals surface area (Å²) in [5.74, 6) is -1.59. The molecule has 1 saturated heterocycles. The average molecular weight is 369 g/mol. The van der Waals surface area contributed by atoms with Crippen molar-refractivity contribution in [2.75, 3.05) is 33.4 Å². The van der Waals surface area contributed by atoms with E-state index in [9.17, 15) is 19.2 Å². The van der Waals surface area contributed by atoms with E-state index in [0.717, 1.165) is 24.2 Å². The number of imide groups is 1. The fourth-order valence-electron chi connectivity index (χ4n) is 3.46. The molecule has 2 aliphatic rings. The molecule has 2 fully saturated rings. The number of carbonyl (C=O) groups is 4. The van der Waals surface area contributed by atoms with Gasteiger partial charge in [-0.05, 0) is 25.2 Å². The zero-order valence-electron chi connectivity index (χ0n) is 15.3. The number of esters is 1. The van der Waals surface area contributed by atoms with Crippen molar-refractivity contribution >= 4 is 23.8 Å². The molecule has 0 aromatic heterocycles. The van der Waals surface area contributed by atoms with E-state index in [1.807, 2.05) is 6.92 Å². The lowest BCUT2D eigenvalue weighted by atomic mass is 9.73. The Morgan fingerprint density at radius 3 is 2.81 bits per heavy atom. The minimum absolute atomic E-state index is 0.0200. The van der Waals surface area contributed by atoms with Crippen LogP contribution in [0.4, 0.5) is 4.79 Å². The molecule has 146 valence electrons. The summed E-state index contributed by atoms with van der Waals surface area (Å²) in [7, 11) is 1.57. The van der Waals surface area contributed by atoms with Gasteiger partial charge in [0.25, 0.3) is 11.8 Å². The zero-order valence-corrected chi connectivity index (χ0v) is 15.3. The number of hydrogen-bond donors (Lipinski definition) is 2. The van der Waals surface area contributed by atoms with Gasteiger partial charge in [0.2, 0.25) is 0 Å². The van der Waals surface area contributed by atoms with Gasteiger partial charge in [-0.2, -0.15) is 0 Å². The Bertz CT molecular complexity index is 567. The van der Waals surface area contributed by atoms with Gasteiger partial charge in [0.1, 0.15) is 12.1 Å². The lowest BCUT2D eigenvalue weighted by Gasteiger charge is -2.36. The highest BCUT2D eigenvalue weighted by atomic mass is 16.5. The van der Waals surface area contributed by atoms with Crippen molar-refractivity contribution in [3.63, 3.8) is 0 Å². The molecule has 0 aromatic carbocycles.